The number of carbonyl (C=O) groups excluding carboxylic acids is 1. The molecule has 1 aromatic heterocycles. The van der Waals surface area contributed by atoms with Gasteiger partial charge in [-0.25, -0.2) is 9.78 Å². The number of amides is 1. The number of alkyl carbamates (subject to hydrolysis) is 1. The van der Waals surface area contributed by atoms with Crippen molar-refractivity contribution in [2.24, 2.45) is 5.73 Å². The first-order valence-corrected chi connectivity index (χ1v) is 6.72. The van der Waals surface area contributed by atoms with Crippen molar-refractivity contribution in [1.29, 1.82) is 0 Å². The van der Waals surface area contributed by atoms with Crippen LogP contribution in [0.25, 0.3) is 0 Å². The lowest BCUT2D eigenvalue weighted by atomic mass is 9.92. The van der Waals surface area contributed by atoms with Gasteiger partial charge < -0.3 is 15.8 Å². The van der Waals surface area contributed by atoms with Crippen LogP contribution in [-0.2, 0) is 10.2 Å². The van der Waals surface area contributed by atoms with E-state index in [9.17, 15) is 4.79 Å². The van der Waals surface area contributed by atoms with Crippen molar-refractivity contribution in [3.63, 3.8) is 0 Å². The molecule has 0 aliphatic rings. The van der Waals surface area contributed by atoms with E-state index in [2.05, 4.69) is 10.3 Å². The smallest absolute Gasteiger partial charge is 0.407 e. The minimum absolute atomic E-state index is 0.356. The SMILES string of the molecule is CC(C)(C)OC(=O)NCC(C)(CN)c1nccs1. The van der Waals surface area contributed by atoms with E-state index in [1.807, 2.05) is 33.1 Å². The van der Waals surface area contributed by atoms with Crippen LogP contribution in [-0.4, -0.2) is 29.8 Å². The Morgan fingerprint density at radius 1 is 1.50 bits per heavy atom. The summed E-state index contributed by atoms with van der Waals surface area (Å²) in [6.07, 6.45) is 1.31. The Kier molecular flexibility index (Phi) is 4.70. The molecule has 3 N–H and O–H groups in total. The highest BCUT2D eigenvalue weighted by Crippen LogP contribution is 2.23. The molecule has 0 aliphatic carbocycles. The largest absolute Gasteiger partial charge is 0.444 e. The Labute approximate surface area is 112 Å². The molecule has 1 unspecified atom stereocenters. The maximum absolute atomic E-state index is 11.6. The highest BCUT2D eigenvalue weighted by atomic mass is 32.1. The number of nitrogens with one attached hydrogen (secondary N) is 1. The molecular formula is C12H21N3O2S. The van der Waals surface area contributed by atoms with Crippen molar-refractivity contribution in [1.82, 2.24) is 10.3 Å². The van der Waals surface area contributed by atoms with Gasteiger partial charge in [0.2, 0.25) is 0 Å². The summed E-state index contributed by atoms with van der Waals surface area (Å²) in [5.74, 6) is 0. The summed E-state index contributed by atoms with van der Waals surface area (Å²) in [6, 6.07) is 0. The number of nitrogens with two attached hydrogens (primary N) is 1. The fraction of sp³-hybridized carbons (Fsp3) is 0.667. The van der Waals surface area contributed by atoms with E-state index in [0.717, 1.165) is 5.01 Å². The van der Waals surface area contributed by atoms with Crippen LogP contribution in [0, 0.1) is 0 Å². The summed E-state index contributed by atoms with van der Waals surface area (Å²) in [5.41, 5.74) is 4.93. The van der Waals surface area contributed by atoms with Crippen LogP contribution in [0.5, 0.6) is 0 Å². The molecule has 0 fully saturated rings. The second-order valence-corrected chi connectivity index (χ2v) is 6.35. The van der Waals surface area contributed by atoms with E-state index in [4.69, 9.17) is 10.5 Å². The topological polar surface area (TPSA) is 77.2 Å². The molecule has 6 heteroatoms. The van der Waals surface area contributed by atoms with Gasteiger partial charge in [-0.3, -0.25) is 0 Å². The molecule has 0 spiro atoms. The van der Waals surface area contributed by atoms with Crippen LogP contribution in [0.3, 0.4) is 0 Å². The summed E-state index contributed by atoms with van der Waals surface area (Å²) in [7, 11) is 0. The average molecular weight is 271 g/mol. The molecule has 102 valence electrons. The van der Waals surface area contributed by atoms with E-state index in [1.54, 1.807) is 6.20 Å². The van der Waals surface area contributed by atoms with Gasteiger partial charge in [0.25, 0.3) is 0 Å². The van der Waals surface area contributed by atoms with E-state index in [1.165, 1.54) is 11.3 Å². The minimum atomic E-state index is -0.496. The van der Waals surface area contributed by atoms with E-state index in [0.29, 0.717) is 13.1 Å². The fourth-order valence-corrected chi connectivity index (χ4v) is 2.15. The van der Waals surface area contributed by atoms with Crippen molar-refractivity contribution in [2.45, 2.75) is 38.7 Å². The van der Waals surface area contributed by atoms with Crippen molar-refractivity contribution in [3.8, 4) is 0 Å². The Bertz CT molecular complexity index is 387. The molecule has 1 heterocycles. The molecule has 1 amide bonds. The van der Waals surface area contributed by atoms with Gasteiger partial charge in [-0.2, -0.15) is 0 Å². The van der Waals surface area contributed by atoms with Crippen LogP contribution in [0.2, 0.25) is 0 Å². The second-order valence-electron chi connectivity index (χ2n) is 5.46. The fourth-order valence-electron chi connectivity index (χ4n) is 1.34. The molecule has 1 atom stereocenters. The van der Waals surface area contributed by atoms with Gasteiger partial charge in [0.1, 0.15) is 10.6 Å². The highest BCUT2D eigenvalue weighted by molar-refractivity contribution is 7.09. The number of hydrogen-bond donors (Lipinski definition) is 2. The molecular weight excluding hydrogens is 250 g/mol. The summed E-state index contributed by atoms with van der Waals surface area (Å²) in [6.45, 7) is 8.28. The molecule has 0 radical (unpaired) electrons. The first kappa shape index (κ1) is 14.9. The van der Waals surface area contributed by atoms with Gasteiger partial charge in [0.15, 0.2) is 0 Å². The lowest BCUT2D eigenvalue weighted by molar-refractivity contribution is 0.0516. The van der Waals surface area contributed by atoms with Gasteiger partial charge in [0, 0.05) is 30.1 Å². The lowest BCUT2D eigenvalue weighted by Gasteiger charge is -2.27. The van der Waals surface area contributed by atoms with E-state index < -0.39 is 11.7 Å². The summed E-state index contributed by atoms with van der Waals surface area (Å²) in [5, 5.41) is 5.56. The number of aromatic nitrogens is 1. The van der Waals surface area contributed by atoms with Crippen molar-refractivity contribution in [3.05, 3.63) is 16.6 Å². The molecule has 0 aromatic carbocycles. The quantitative estimate of drug-likeness (QED) is 0.876. The van der Waals surface area contributed by atoms with E-state index >= 15 is 0 Å². The van der Waals surface area contributed by atoms with Gasteiger partial charge >= 0.3 is 6.09 Å². The number of rotatable bonds is 4. The molecule has 1 rings (SSSR count). The zero-order valence-corrected chi connectivity index (χ0v) is 12.1. The zero-order valence-electron chi connectivity index (χ0n) is 11.3. The average Bonchev–Trinajstić information content (AvgIpc) is 2.77. The summed E-state index contributed by atoms with van der Waals surface area (Å²) >= 11 is 1.54. The monoisotopic (exact) mass is 271 g/mol. The predicted octanol–water partition coefficient (Wildman–Crippen LogP) is 1.88. The van der Waals surface area contributed by atoms with Gasteiger partial charge in [-0.05, 0) is 20.8 Å². The molecule has 18 heavy (non-hydrogen) atoms. The van der Waals surface area contributed by atoms with Gasteiger partial charge in [0.05, 0.1) is 0 Å². The standard InChI is InChI=1S/C12H21N3O2S/c1-11(2,3)17-10(16)15-8-12(4,7-13)9-14-5-6-18-9/h5-6H,7-8,13H2,1-4H3,(H,15,16). The Balaban J connectivity index is 2.58. The van der Waals surface area contributed by atoms with Gasteiger partial charge in [-0.15, -0.1) is 11.3 Å². The van der Waals surface area contributed by atoms with Crippen LogP contribution in [0.1, 0.15) is 32.7 Å². The van der Waals surface area contributed by atoms with Crippen molar-refractivity contribution < 1.29 is 9.53 Å². The van der Waals surface area contributed by atoms with Crippen LogP contribution in [0.15, 0.2) is 11.6 Å². The molecule has 0 bridgehead atoms. The highest BCUT2D eigenvalue weighted by Gasteiger charge is 2.29. The lowest BCUT2D eigenvalue weighted by Crippen LogP contribution is -2.45. The number of nitrogens with zero attached hydrogens (tertiary/aromatic N) is 1. The summed E-state index contributed by atoms with van der Waals surface area (Å²) in [4.78, 5) is 15.9. The predicted molar refractivity (Wildman–Crippen MR) is 72.8 cm³/mol. The Hall–Kier alpha value is -1.14. The third kappa shape index (κ3) is 4.27. The van der Waals surface area contributed by atoms with Crippen LogP contribution < -0.4 is 11.1 Å². The Morgan fingerprint density at radius 2 is 2.17 bits per heavy atom. The zero-order chi connectivity index (χ0) is 13.8. The second kappa shape index (κ2) is 5.67. The van der Waals surface area contributed by atoms with E-state index in [-0.39, 0.29) is 5.41 Å². The van der Waals surface area contributed by atoms with Gasteiger partial charge in [-0.1, -0.05) is 6.92 Å². The maximum atomic E-state index is 11.6. The Morgan fingerprint density at radius 3 is 2.61 bits per heavy atom. The van der Waals surface area contributed by atoms with Crippen molar-refractivity contribution >= 4 is 17.4 Å². The third-order valence-corrected chi connectivity index (χ3v) is 3.50. The number of carbonyl (C=O) groups is 1. The summed E-state index contributed by atoms with van der Waals surface area (Å²) < 4.78 is 5.19. The molecule has 0 saturated carbocycles. The van der Waals surface area contributed by atoms with Crippen LogP contribution in [0.4, 0.5) is 4.79 Å². The third-order valence-electron chi connectivity index (χ3n) is 2.42. The number of thiazole rings is 1. The molecule has 1 aromatic rings. The first-order chi connectivity index (χ1) is 8.27. The minimum Gasteiger partial charge on any atom is -0.444 e. The molecule has 0 saturated heterocycles. The number of ether oxygens (including phenoxy) is 1. The first-order valence-electron chi connectivity index (χ1n) is 5.84. The van der Waals surface area contributed by atoms with Crippen LogP contribution >= 0.6 is 11.3 Å². The van der Waals surface area contributed by atoms with Crippen molar-refractivity contribution in [2.75, 3.05) is 13.1 Å². The number of hydrogen-bond acceptors (Lipinski definition) is 5. The normalized spacial score (nSPS) is 14.9. The molecule has 0 aliphatic heterocycles. The molecule has 5 nitrogen and oxygen atoms in total. The maximum Gasteiger partial charge on any atom is 0.407 e.